The third-order valence-corrected chi connectivity index (χ3v) is 24.8. The molecule has 0 heterocycles. The van der Waals surface area contributed by atoms with E-state index in [1.807, 2.05) is 48.5 Å². The average Bonchev–Trinajstić information content (AvgIpc) is 0.907. The first-order valence-corrected chi connectivity index (χ1v) is 42.3. The summed E-state index contributed by atoms with van der Waals surface area (Å²) in [5.41, 5.74) is 4.84. The van der Waals surface area contributed by atoms with Crippen molar-refractivity contribution in [3.05, 3.63) is 119 Å². The maximum absolute atomic E-state index is 11.7. The summed E-state index contributed by atoms with van der Waals surface area (Å²) in [7, 11) is -9.58. The molecule has 0 bridgehead atoms. The summed E-state index contributed by atoms with van der Waals surface area (Å²) in [5, 5.41) is 0. The van der Waals surface area contributed by atoms with Gasteiger partial charge in [0, 0.05) is 0 Å². The molecule has 4 aromatic carbocycles. The molecule has 0 fully saturated rings. The van der Waals surface area contributed by atoms with Crippen molar-refractivity contribution in [1.29, 1.82) is 0 Å². The monoisotopic (exact) mass is 1400 g/mol. The minimum absolute atomic E-state index is 0.222. The highest BCUT2D eigenvalue weighted by molar-refractivity contribution is 7.87. The van der Waals surface area contributed by atoms with Crippen LogP contribution in [0.25, 0.3) is 0 Å². The van der Waals surface area contributed by atoms with Gasteiger partial charge in [0.2, 0.25) is 0 Å². The van der Waals surface area contributed by atoms with E-state index in [1.54, 1.807) is 48.5 Å². The highest BCUT2D eigenvalue weighted by Crippen LogP contribution is 2.33. The standard InChI is InChI=1S/C22H38O3S.C21H36O3S.2C18H30O3S/c1-6-18(3)10-8-12-20(7-2)13-9-11-19(4)21-14-16-22(17-15-21)26(23,24)25-5;1-6-9-17(2)10-7-8-11-18(3)16-19(4)20-12-14-21(15-13-20)25(22,23)24-5;2*1-5-8-15(3)9-7-10-16(6-2)17-11-13-18(14-12-17)22(19,20)21-4/h14-20H,6-13H2,1-5H3;12-15,17-19H,6-11,16H2,1-5H3;2*11-16H,5-10H2,1-4H3/t;;2*15-,16?/m..10/s1. The van der Waals surface area contributed by atoms with Crippen molar-refractivity contribution < 1.29 is 50.4 Å². The summed E-state index contributed by atoms with van der Waals surface area (Å²) in [4.78, 5) is 0.902. The molecular weight excluding hydrogens is 1270 g/mol. The fourth-order valence-corrected chi connectivity index (χ4v) is 15.6. The van der Waals surface area contributed by atoms with Crippen molar-refractivity contribution in [3.63, 3.8) is 0 Å². The van der Waals surface area contributed by atoms with Crippen LogP contribution in [0.15, 0.2) is 117 Å². The molecule has 0 aliphatic carbocycles. The molecule has 0 saturated carbocycles. The highest BCUT2D eigenvalue weighted by atomic mass is 32.2. The fraction of sp³-hybridized carbons (Fsp3) is 0.696. The first-order chi connectivity index (χ1) is 45.0. The van der Waals surface area contributed by atoms with Gasteiger partial charge in [0.15, 0.2) is 0 Å². The van der Waals surface area contributed by atoms with Crippen molar-refractivity contribution in [1.82, 2.24) is 0 Å². The van der Waals surface area contributed by atoms with Crippen LogP contribution in [-0.2, 0) is 57.2 Å². The third kappa shape index (κ3) is 35.9. The molecule has 10 atom stereocenters. The van der Waals surface area contributed by atoms with Gasteiger partial charge in [0.25, 0.3) is 40.5 Å². The molecule has 0 radical (unpaired) electrons. The van der Waals surface area contributed by atoms with Crippen LogP contribution in [0.1, 0.15) is 316 Å². The number of hydrogen-bond donors (Lipinski definition) is 0. The van der Waals surface area contributed by atoms with E-state index in [1.165, 1.54) is 198 Å². The second kappa shape index (κ2) is 49.1. The topological polar surface area (TPSA) is 173 Å². The summed E-state index contributed by atoms with van der Waals surface area (Å²) in [6.07, 6.45) is 34.0. The van der Waals surface area contributed by atoms with Gasteiger partial charge < -0.3 is 0 Å². The summed E-state index contributed by atoms with van der Waals surface area (Å²) in [5.74, 6) is 6.77. The molecule has 0 aliphatic rings. The summed E-state index contributed by atoms with van der Waals surface area (Å²) < 4.78 is 111. The first-order valence-electron chi connectivity index (χ1n) is 36.6. The summed E-state index contributed by atoms with van der Waals surface area (Å²) in [6.45, 7) is 31.9. The molecule has 0 aliphatic heterocycles. The van der Waals surface area contributed by atoms with E-state index in [0.717, 1.165) is 55.3 Å². The Kier molecular flexibility index (Phi) is 46.3. The quantitative estimate of drug-likeness (QED) is 0.0303. The van der Waals surface area contributed by atoms with Gasteiger partial charge in [-0.1, -0.05) is 280 Å². The van der Waals surface area contributed by atoms with Gasteiger partial charge in [-0.3, -0.25) is 16.7 Å². The molecule has 4 rings (SSSR count). The molecule has 95 heavy (non-hydrogen) atoms. The lowest BCUT2D eigenvalue weighted by Gasteiger charge is -2.18. The molecule has 0 saturated heterocycles. The maximum atomic E-state index is 11.7. The molecule has 546 valence electrons. The van der Waals surface area contributed by atoms with E-state index in [0.29, 0.717) is 29.6 Å². The molecule has 4 aromatic rings. The molecular formula is C79H134O12S4. The van der Waals surface area contributed by atoms with Crippen molar-refractivity contribution in [2.75, 3.05) is 28.4 Å². The van der Waals surface area contributed by atoms with Gasteiger partial charge in [-0.15, -0.1) is 0 Å². The number of unbranched alkanes of at least 4 members (excludes halogenated alkanes) is 1. The van der Waals surface area contributed by atoms with E-state index in [-0.39, 0.29) is 19.6 Å². The van der Waals surface area contributed by atoms with Crippen molar-refractivity contribution in [3.8, 4) is 0 Å². The van der Waals surface area contributed by atoms with E-state index in [2.05, 4.69) is 114 Å². The molecule has 8 unspecified atom stereocenters. The highest BCUT2D eigenvalue weighted by Gasteiger charge is 2.20. The number of rotatable bonds is 45. The molecule has 0 amide bonds. The Morgan fingerprint density at radius 2 is 0.547 bits per heavy atom. The van der Waals surface area contributed by atoms with Crippen molar-refractivity contribution >= 4 is 40.5 Å². The number of benzene rings is 4. The second-order valence-corrected chi connectivity index (χ2v) is 34.4. The SMILES string of the molecule is CCC(C)CCCC(CC)CCCC(C)c1ccc(S(=O)(=O)OC)cc1.CCCC(C)CCCCC(C)CC(C)c1ccc(S(=O)(=O)OC)cc1.CCC[C@@H](C)CCCC(CC)c1ccc(S(=O)(=O)OC)cc1.CCC[C@H](C)CCCC(CC)c1ccc(S(=O)(=O)OC)cc1. The van der Waals surface area contributed by atoms with Gasteiger partial charge >= 0.3 is 0 Å². The van der Waals surface area contributed by atoms with Gasteiger partial charge in [-0.05, 0) is 168 Å². The fourth-order valence-electron chi connectivity index (χ4n) is 12.9. The van der Waals surface area contributed by atoms with Gasteiger partial charge in [0.1, 0.15) is 0 Å². The normalized spacial score (nSPS) is 15.2. The van der Waals surface area contributed by atoms with Crippen LogP contribution in [0.4, 0.5) is 0 Å². The lowest BCUT2D eigenvalue weighted by molar-refractivity contribution is 0.374. The van der Waals surface area contributed by atoms with Crippen molar-refractivity contribution in [2.24, 2.45) is 35.5 Å². The molecule has 12 nitrogen and oxygen atoms in total. The summed E-state index contributed by atoms with van der Waals surface area (Å²) in [6, 6.07) is 28.5. The lowest BCUT2D eigenvalue weighted by Crippen LogP contribution is -2.05. The van der Waals surface area contributed by atoms with Crippen LogP contribution < -0.4 is 0 Å². The summed E-state index contributed by atoms with van der Waals surface area (Å²) >= 11 is 0. The van der Waals surface area contributed by atoms with Crippen LogP contribution >= 0.6 is 0 Å². The predicted molar refractivity (Wildman–Crippen MR) is 399 cm³/mol. The van der Waals surface area contributed by atoms with Crippen molar-refractivity contribution in [2.45, 2.75) is 314 Å². The predicted octanol–water partition coefficient (Wildman–Crippen LogP) is 22.9. The minimum Gasteiger partial charge on any atom is -0.270 e. The maximum Gasteiger partial charge on any atom is 0.296 e. The van der Waals surface area contributed by atoms with E-state index < -0.39 is 40.5 Å². The third-order valence-electron chi connectivity index (χ3n) is 19.7. The number of hydrogen-bond acceptors (Lipinski definition) is 12. The molecule has 16 heteroatoms. The van der Waals surface area contributed by atoms with Crippen LogP contribution in [0.3, 0.4) is 0 Å². The Hall–Kier alpha value is -3.48. The van der Waals surface area contributed by atoms with Gasteiger partial charge in [-0.25, -0.2) is 0 Å². The van der Waals surface area contributed by atoms with Crippen LogP contribution in [0.2, 0.25) is 0 Å². The Morgan fingerprint density at radius 1 is 0.274 bits per heavy atom. The van der Waals surface area contributed by atoms with Gasteiger partial charge in [-0.2, -0.15) is 33.7 Å². The van der Waals surface area contributed by atoms with E-state index in [9.17, 15) is 33.7 Å². The Bertz CT molecular complexity index is 2940. The average molecular weight is 1400 g/mol. The molecule has 0 N–H and O–H groups in total. The van der Waals surface area contributed by atoms with Crippen LogP contribution in [-0.4, -0.2) is 62.1 Å². The second-order valence-electron chi connectivity index (χ2n) is 27.6. The molecule has 0 aromatic heterocycles. The Balaban J connectivity index is 0.000000635. The minimum atomic E-state index is -3.59. The lowest BCUT2D eigenvalue weighted by atomic mass is 9.88. The van der Waals surface area contributed by atoms with Crippen LogP contribution in [0.5, 0.6) is 0 Å². The Labute approximate surface area is 583 Å². The zero-order valence-corrected chi connectivity index (χ0v) is 65.9. The van der Waals surface area contributed by atoms with E-state index in [4.69, 9.17) is 0 Å². The van der Waals surface area contributed by atoms with Crippen LogP contribution in [0, 0.1) is 35.5 Å². The van der Waals surface area contributed by atoms with E-state index >= 15 is 0 Å². The smallest absolute Gasteiger partial charge is 0.270 e. The largest absolute Gasteiger partial charge is 0.296 e. The first kappa shape index (κ1) is 89.5. The zero-order chi connectivity index (χ0) is 71.6. The zero-order valence-electron chi connectivity index (χ0n) is 62.6. The Morgan fingerprint density at radius 3 is 0.842 bits per heavy atom. The molecule has 0 spiro atoms. The van der Waals surface area contributed by atoms with Gasteiger partial charge in [0.05, 0.1) is 48.0 Å².